The molecular formula is C31H32ClN11. The number of aromatic nitrogens is 8. The molecule has 0 radical (unpaired) electrons. The number of nitrogens with two attached hydrogens (primary N) is 1. The molecule has 0 aliphatic rings. The maximum absolute atomic E-state index is 6.08. The molecule has 1 aromatic carbocycles. The van der Waals surface area contributed by atoms with Crippen molar-refractivity contribution in [3.8, 4) is 23.0 Å². The van der Waals surface area contributed by atoms with Crippen molar-refractivity contribution in [1.82, 2.24) is 39.7 Å². The fourth-order valence-electron chi connectivity index (χ4n) is 4.08. The van der Waals surface area contributed by atoms with Crippen LogP contribution < -0.4 is 16.4 Å². The number of hydrogen-bond donors (Lipinski definition) is 4. The average molecular weight is 594 g/mol. The van der Waals surface area contributed by atoms with Crippen LogP contribution in [0.3, 0.4) is 0 Å². The quantitative estimate of drug-likeness (QED) is 0.171. The van der Waals surface area contributed by atoms with Crippen molar-refractivity contribution in [3.05, 3.63) is 84.2 Å². The summed E-state index contributed by atoms with van der Waals surface area (Å²) in [5, 5.41) is 23.2. The maximum Gasteiger partial charge on any atom is 0.153 e. The maximum atomic E-state index is 6.08. The highest BCUT2D eigenvalue weighted by molar-refractivity contribution is 6.30. The lowest BCUT2D eigenvalue weighted by Gasteiger charge is -2.09. The molecule has 5 heterocycles. The van der Waals surface area contributed by atoms with Crippen molar-refractivity contribution in [2.24, 2.45) is 19.5 Å². The smallest absolute Gasteiger partial charge is 0.153 e. The molecule has 0 atom stereocenters. The van der Waals surface area contributed by atoms with Crippen molar-refractivity contribution in [2.45, 2.75) is 20.8 Å². The molecule has 0 saturated heterocycles. The van der Waals surface area contributed by atoms with E-state index in [-0.39, 0.29) is 5.41 Å². The Morgan fingerprint density at radius 2 is 1.49 bits per heavy atom. The van der Waals surface area contributed by atoms with Crippen LogP contribution in [0.25, 0.3) is 22.0 Å². The van der Waals surface area contributed by atoms with Gasteiger partial charge in [0.15, 0.2) is 5.82 Å². The van der Waals surface area contributed by atoms with Crippen LogP contribution in [0.15, 0.2) is 73.6 Å². The summed E-state index contributed by atoms with van der Waals surface area (Å²) in [7, 11) is 3.73. The highest BCUT2D eigenvalue weighted by Gasteiger charge is 2.12. The predicted molar refractivity (Wildman–Crippen MR) is 172 cm³/mol. The number of nitrogens with zero attached hydrogens (tertiary/aromatic N) is 7. The van der Waals surface area contributed by atoms with E-state index in [1.165, 1.54) is 0 Å². The molecule has 0 amide bonds. The molecule has 0 saturated carbocycles. The van der Waals surface area contributed by atoms with Gasteiger partial charge in [-0.1, -0.05) is 23.4 Å². The van der Waals surface area contributed by atoms with Gasteiger partial charge in [0, 0.05) is 54.7 Å². The second-order valence-electron chi connectivity index (χ2n) is 10.9. The van der Waals surface area contributed by atoms with Crippen LogP contribution in [-0.4, -0.2) is 39.7 Å². The van der Waals surface area contributed by atoms with Crippen molar-refractivity contribution in [2.75, 3.05) is 16.4 Å². The molecule has 6 aromatic rings. The molecule has 218 valence electrons. The molecule has 5 aromatic heterocycles. The first-order chi connectivity index (χ1) is 20.5. The number of rotatable bonds is 5. The largest absolute Gasteiger partial charge is 0.382 e. The zero-order chi connectivity index (χ0) is 30.6. The number of halogens is 1. The zero-order valence-electron chi connectivity index (χ0n) is 24.5. The second-order valence-corrected chi connectivity index (χ2v) is 11.3. The molecule has 43 heavy (non-hydrogen) atoms. The number of nitrogens with one attached hydrogen (secondary N) is 3. The van der Waals surface area contributed by atoms with E-state index in [1.807, 2.05) is 44.7 Å². The summed E-state index contributed by atoms with van der Waals surface area (Å²) in [4.78, 5) is 8.52. The van der Waals surface area contributed by atoms with Gasteiger partial charge in [-0.15, -0.1) is 0 Å². The normalized spacial score (nSPS) is 10.9. The highest BCUT2D eigenvalue weighted by Crippen LogP contribution is 2.30. The van der Waals surface area contributed by atoms with Gasteiger partial charge in [-0.3, -0.25) is 14.5 Å². The van der Waals surface area contributed by atoms with E-state index in [4.69, 9.17) is 17.3 Å². The number of aromatic amines is 1. The van der Waals surface area contributed by atoms with Crippen molar-refractivity contribution < 1.29 is 0 Å². The lowest BCUT2D eigenvalue weighted by Crippen LogP contribution is -1.99. The Hall–Kier alpha value is -5.34. The molecule has 0 aliphatic carbocycles. The highest BCUT2D eigenvalue weighted by atomic mass is 35.5. The van der Waals surface area contributed by atoms with E-state index in [0.717, 1.165) is 44.8 Å². The van der Waals surface area contributed by atoms with Gasteiger partial charge < -0.3 is 16.4 Å². The fourth-order valence-corrected chi connectivity index (χ4v) is 4.24. The van der Waals surface area contributed by atoms with E-state index in [0.29, 0.717) is 16.7 Å². The molecule has 11 nitrogen and oxygen atoms in total. The number of nitrogen functional groups attached to an aromatic ring is 1. The Morgan fingerprint density at radius 3 is 2.07 bits per heavy atom. The average Bonchev–Trinajstić information content (AvgIpc) is 3.67. The number of fused-ring (bicyclic) bond motifs is 1. The van der Waals surface area contributed by atoms with Gasteiger partial charge in [0.05, 0.1) is 34.8 Å². The summed E-state index contributed by atoms with van der Waals surface area (Å²) in [6, 6.07) is 11.5. The zero-order valence-corrected chi connectivity index (χ0v) is 25.3. The summed E-state index contributed by atoms with van der Waals surface area (Å²) in [5.41, 5.74) is 11.5. The van der Waals surface area contributed by atoms with Crippen molar-refractivity contribution >= 4 is 51.3 Å². The standard InChI is InChI=1S/C22H23N7.C9H9ClN4/c1-22(2,3)7-5-15-9-16(10-18-20(15)27-28-21(18)23)14-6-8-24-19(11-14)26-17-12-25-29(4)13-17;1-14-6-8(5-12-14)13-9-4-7(10)2-3-11-9/h6,8-13H,1-4H3,(H,24,26)(H3,23,27,28);2-6H,1H3,(H,11,13). The Bertz CT molecular complexity index is 1930. The molecule has 0 unspecified atom stereocenters. The fraction of sp³-hybridized carbons (Fsp3) is 0.194. The third-order valence-corrected chi connectivity index (χ3v) is 6.28. The lowest BCUT2D eigenvalue weighted by atomic mass is 9.96. The number of H-pyrrole nitrogens is 1. The SMILES string of the molecule is Cn1cc(Nc2cc(-c3cc(C#CC(C)(C)C)c4[nH]nc(N)c4c3)ccn2)cn1.Cn1cc(Nc2cc(Cl)ccn2)cn1. The van der Waals surface area contributed by atoms with Gasteiger partial charge in [-0.05, 0) is 68.3 Å². The number of benzene rings is 1. The van der Waals surface area contributed by atoms with Gasteiger partial charge in [0.25, 0.3) is 0 Å². The number of aryl methyl sites for hydroxylation is 2. The second kappa shape index (κ2) is 12.3. The first-order valence-electron chi connectivity index (χ1n) is 13.4. The van der Waals surface area contributed by atoms with Gasteiger partial charge in [-0.2, -0.15) is 15.3 Å². The van der Waals surface area contributed by atoms with Gasteiger partial charge in [0.2, 0.25) is 0 Å². The monoisotopic (exact) mass is 593 g/mol. The Kier molecular flexibility index (Phi) is 8.32. The molecular weight excluding hydrogens is 562 g/mol. The van der Waals surface area contributed by atoms with Crippen LogP contribution >= 0.6 is 11.6 Å². The number of pyridine rings is 2. The Morgan fingerprint density at radius 1 is 0.860 bits per heavy atom. The van der Waals surface area contributed by atoms with E-state index in [2.05, 4.69) is 79.7 Å². The van der Waals surface area contributed by atoms with Crippen LogP contribution in [0, 0.1) is 17.3 Å². The van der Waals surface area contributed by atoms with E-state index >= 15 is 0 Å². The van der Waals surface area contributed by atoms with Crippen LogP contribution in [0.2, 0.25) is 5.02 Å². The van der Waals surface area contributed by atoms with Gasteiger partial charge >= 0.3 is 0 Å². The molecule has 0 spiro atoms. The van der Waals surface area contributed by atoms with Crippen LogP contribution in [0.4, 0.5) is 28.8 Å². The Labute approximate surface area is 254 Å². The molecule has 0 fully saturated rings. The van der Waals surface area contributed by atoms with Gasteiger partial charge in [-0.25, -0.2) is 9.97 Å². The molecule has 0 aliphatic heterocycles. The number of hydrogen-bond acceptors (Lipinski definition) is 8. The summed E-state index contributed by atoms with van der Waals surface area (Å²) >= 11 is 5.82. The van der Waals surface area contributed by atoms with E-state index in [9.17, 15) is 0 Å². The molecule has 0 bridgehead atoms. The van der Waals surface area contributed by atoms with Crippen LogP contribution in [0.1, 0.15) is 26.3 Å². The predicted octanol–water partition coefficient (Wildman–Crippen LogP) is 6.29. The van der Waals surface area contributed by atoms with Crippen molar-refractivity contribution in [1.29, 1.82) is 0 Å². The van der Waals surface area contributed by atoms with Gasteiger partial charge in [0.1, 0.15) is 11.6 Å². The van der Waals surface area contributed by atoms with Crippen molar-refractivity contribution in [3.63, 3.8) is 0 Å². The van der Waals surface area contributed by atoms with Crippen LogP contribution in [0.5, 0.6) is 0 Å². The van der Waals surface area contributed by atoms with E-state index < -0.39 is 0 Å². The molecule has 5 N–H and O–H groups in total. The summed E-state index contributed by atoms with van der Waals surface area (Å²) in [6.45, 7) is 6.25. The number of anilines is 5. The minimum absolute atomic E-state index is 0.106. The minimum Gasteiger partial charge on any atom is -0.382 e. The molecule has 12 heteroatoms. The summed E-state index contributed by atoms with van der Waals surface area (Å²) in [6.07, 6.45) is 10.7. The summed E-state index contributed by atoms with van der Waals surface area (Å²) in [5.74, 6) is 8.49. The first kappa shape index (κ1) is 29.2. The first-order valence-corrected chi connectivity index (χ1v) is 13.8. The molecule has 6 rings (SSSR count). The minimum atomic E-state index is -0.106. The Balaban J connectivity index is 0.000000220. The third-order valence-electron chi connectivity index (χ3n) is 6.04. The van der Waals surface area contributed by atoms with Crippen LogP contribution in [-0.2, 0) is 14.1 Å². The van der Waals surface area contributed by atoms with E-state index in [1.54, 1.807) is 46.3 Å². The summed E-state index contributed by atoms with van der Waals surface area (Å²) < 4.78 is 3.45. The topological polar surface area (TPSA) is 140 Å². The lowest BCUT2D eigenvalue weighted by molar-refractivity contribution is 0.571. The third kappa shape index (κ3) is 7.69.